The fraction of sp³-hybridized carbons (Fsp3) is 0.560. The molecule has 5 nitrogen and oxygen atoms in total. The van der Waals surface area contributed by atoms with Gasteiger partial charge in [-0.2, -0.15) is 0 Å². The van der Waals surface area contributed by atoms with Gasteiger partial charge in [-0.1, -0.05) is 31.4 Å². The van der Waals surface area contributed by atoms with Gasteiger partial charge in [0.2, 0.25) is 5.91 Å². The minimum atomic E-state index is -0.223. The molecule has 0 radical (unpaired) electrons. The number of carbonyl (C=O) groups excluding carboxylic acids is 1. The van der Waals surface area contributed by atoms with Crippen molar-refractivity contribution in [1.29, 1.82) is 0 Å². The van der Waals surface area contributed by atoms with E-state index in [-0.39, 0.29) is 11.7 Å². The van der Waals surface area contributed by atoms with Gasteiger partial charge < -0.3 is 19.5 Å². The molecular formula is C25H36FN3O2. The highest BCUT2D eigenvalue weighted by Gasteiger charge is 2.26. The molecule has 0 spiro atoms. The third-order valence-electron chi connectivity index (χ3n) is 5.98. The molecule has 1 aromatic heterocycles. The number of aromatic nitrogens is 1. The molecule has 1 heterocycles. The predicted molar refractivity (Wildman–Crippen MR) is 121 cm³/mol. The zero-order valence-electron chi connectivity index (χ0n) is 18.7. The van der Waals surface area contributed by atoms with Crippen LogP contribution in [0.4, 0.5) is 4.39 Å². The minimum Gasteiger partial charge on any atom is -0.382 e. The van der Waals surface area contributed by atoms with Gasteiger partial charge in [0.25, 0.3) is 0 Å². The van der Waals surface area contributed by atoms with Crippen LogP contribution in [0.25, 0.3) is 0 Å². The molecule has 1 aliphatic carbocycles. The van der Waals surface area contributed by atoms with Crippen LogP contribution in [-0.2, 0) is 22.6 Å². The lowest BCUT2D eigenvalue weighted by molar-refractivity contribution is -0.134. The van der Waals surface area contributed by atoms with Crippen molar-refractivity contribution < 1.29 is 13.9 Å². The first-order valence-corrected chi connectivity index (χ1v) is 11.6. The van der Waals surface area contributed by atoms with Crippen LogP contribution in [0.3, 0.4) is 0 Å². The molecule has 1 N–H and O–H groups in total. The molecule has 1 saturated carbocycles. The Hall–Kier alpha value is -2.18. The maximum atomic E-state index is 13.2. The number of nitrogens with one attached hydrogen (secondary N) is 1. The summed E-state index contributed by atoms with van der Waals surface area (Å²) in [5.41, 5.74) is 2.16. The number of rotatable bonds is 12. The van der Waals surface area contributed by atoms with Gasteiger partial charge in [0.1, 0.15) is 5.82 Å². The minimum absolute atomic E-state index is 0.165. The average Bonchev–Trinajstić information content (AvgIpc) is 3.23. The van der Waals surface area contributed by atoms with Crippen LogP contribution in [0.5, 0.6) is 0 Å². The quantitative estimate of drug-likeness (QED) is 0.510. The Morgan fingerprint density at radius 2 is 1.97 bits per heavy atom. The lowest BCUT2D eigenvalue weighted by Crippen LogP contribution is -2.45. The zero-order valence-corrected chi connectivity index (χ0v) is 18.7. The number of hydrogen-bond acceptors (Lipinski definition) is 3. The summed E-state index contributed by atoms with van der Waals surface area (Å²) in [7, 11) is 0. The first-order chi connectivity index (χ1) is 15.2. The van der Waals surface area contributed by atoms with Gasteiger partial charge >= 0.3 is 0 Å². The van der Waals surface area contributed by atoms with E-state index in [0.29, 0.717) is 25.7 Å². The summed E-state index contributed by atoms with van der Waals surface area (Å²) in [5.74, 6) is -0.0582. The van der Waals surface area contributed by atoms with Crippen molar-refractivity contribution in [3.05, 3.63) is 59.7 Å². The Bertz CT molecular complexity index is 784. The molecule has 1 fully saturated rings. The molecule has 1 aromatic carbocycles. The fourth-order valence-corrected chi connectivity index (χ4v) is 4.26. The van der Waals surface area contributed by atoms with E-state index >= 15 is 0 Å². The van der Waals surface area contributed by atoms with E-state index in [0.717, 1.165) is 50.3 Å². The van der Waals surface area contributed by atoms with E-state index in [1.54, 1.807) is 0 Å². The number of nitrogens with zero attached hydrogens (tertiary/aromatic N) is 2. The van der Waals surface area contributed by atoms with Crippen molar-refractivity contribution in [3.63, 3.8) is 0 Å². The van der Waals surface area contributed by atoms with E-state index in [9.17, 15) is 9.18 Å². The number of halogens is 1. The molecule has 0 aliphatic heterocycles. The average molecular weight is 430 g/mol. The topological polar surface area (TPSA) is 46.5 Å². The van der Waals surface area contributed by atoms with Gasteiger partial charge in [-0.05, 0) is 62.6 Å². The van der Waals surface area contributed by atoms with Crippen molar-refractivity contribution in [2.75, 3.05) is 26.3 Å². The molecule has 0 atom stereocenters. The number of benzene rings is 1. The van der Waals surface area contributed by atoms with Crippen LogP contribution in [0.15, 0.2) is 42.6 Å². The molecule has 2 aromatic rings. The van der Waals surface area contributed by atoms with Gasteiger partial charge in [-0.3, -0.25) is 4.79 Å². The smallest absolute Gasteiger partial charge is 0.237 e. The van der Waals surface area contributed by atoms with Crippen LogP contribution in [0.1, 0.15) is 56.7 Å². The number of hydrogen-bond donors (Lipinski definition) is 1. The maximum Gasteiger partial charge on any atom is 0.237 e. The summed E-state index contributed by atoms with van der Waals surface area (Å²) in [5, 5.41) is 3.29. The van der Waals surface area contributed by atoms with Gasteiger partial charge in [-0.25, -0.2) is 4.39 Å². The third kappa shape index (κ3) is 7.47. The maximum absolute atomic E-state index is 13.2. The van der Waals surface area contributed by atoms with E-state index in [1.807, 2.05) is 31.3 Å². The normalized spacial score (nSPS) is 14.6. The Kier molecular flexibility index (Phi) is 9.56. The molecule has 6 heteroatoms. The summed E-state index contributed by atoms with van der Waals surface area (Å²) in [6.45, 7) is 5.87. The Morgan fingerprint density at radius 1 is 1.19 bits per heavy atom. The number of ether oxygens (including phenoxy) is 1. The molecule has 0 unspecified atom stereocenters. The molecule has 1 amide bonds. The van der Waals surface area contributed by atoms with Crippen molar-refractivity contribution in [2.24, 2.45) is 0 Å². The van der Waals surface area contributed by atoms with Gasteiger partial charge in [0, 0.05) is 37.7 Å². The zero-order chi connectivity index (χ0) is 21.9. The van der Waals surface area contributed by atoms with Crippen molar-refractivity contribution in [3.8, 4) is 0 Å². The summed E-state index contributed by atoms with van der Waals surface area (Å²) < 4.78 is 20.8. The first-order valence-electron chi connectivity index (χ1n) is 11.6. The largest absolute Gasteiger partial charge is 0.382 e. The Labute approximate surface area is 185 Å². The highest BCUT2D eigenvalue weighted by Crippen LogP contribution is 2.24. The second-order valence-electron chi connectivity index (χ2n) is 8.29. The van der Waals surface area contributed by atoms with Crippen LogP contribution in [-0.4, -0.2) is 47.7 Å². The highest BCUT2D eigenvalue weighted by molar-refractivity contribution is 5.78. The molecule has 0 saturated heterocycles. The van der Waals surface area contributed by atoms with Crippen LogP contribution in [0.2, 0.25) is 0 Å². The van der Waals surface area contributed by atoms with Gasteiger partial charge in [0.05, 0.1) is 13.1 Å². The number of amides is 1. The first kappa shape index (κ1) is 23.5. The summed E-state index contributed by atoms with van der Waals surface area (Å²) >= 11 is 0. The Morgan fingerprint density at radius 3 is 2.71 bits per heavy atom. The lowest BCUT2D eigenvalue weighted by atomic mass is 9.94. The van der Waals surface area contributed by atoms with E-state index in [4.69, 9.17) is 4.74 Å². The molecule has 170 valence electrons. The van der Waals surface area contributed by atoms with Crippen LogP contribution in [0, 0.1) is 5.82 Å². The third-order valence-corrected chi connectivity index (χ3v) is 5.98. The molecule has 3 rings (SSSR count). The van der Waals surface area contributed by atoms with Crippen molar-refractivity contribution in [2.45, 2.75) is 64.6 Å². The van der Waals surface area contributed by atoms with Crippen molar-refractivity contribution in [1.82, 2.24) is 14.8 Å². The van der Waals surface area contributed by atoms with E-state index in [1.165, 1.54) is 31.4 Å². The van der Waals surface area contributed by atoms with Gasteiger partial charge in [-0.15, -0.1) is 0 Å². The predicted octanol–water partition coefficient (Wildman–Crippen LogP) is 4.35. The summed E-state index contributed by atoms with van der Waals surface area (Å²) in [4.78, 5) is 15.2. The highest BCUT2D eigenvalue weighted by atomic mass is 19.1. The van der Waals surface area contributed by atoms with Crippen LogP contribution >= 0.6 is 0 Å². The molecule has 1 aliphatic rings. The molecular weight excluding hydrogens is 393 g/mol. The summed E-state index contributed by atoms with van der Waals surface area (Å²) in [6.07, 6.45) is 8.73. The van der Waals surface area contributed by atoms with E-state index in [2.05, 4.69) is 20.9 Å². The molecule has 31 heavy (non-hydrogen) atoms. The second-order valence-corrected chi connectivity index (χ2v) is 8.29. The summed E-state index contributed by atoms with van der Waals surface area (Å²) in [6, 6.07) is 11.0. The standard InChI is InChI=1S/C25H36FN3O2/c1-2-31-17-7-15-27-18-25(30)29(23-8-4-3-5-9-23)20-24-10-6-16-28(24)19-21-11-13-22(26)14-12-21/h6,10-14,16,23,27H,2-5,7-9,15,17-20H2,1H3. The Balaban J connectivity index is 1.62. The monoisotopic (exact) mass is 429 g/mol. The SMILES string of the molecule is CCOCCCNCC(=O)N(Cc1cccn1Cc1ccc(F)cc1)C1CCCCC1. The van der Waals surface area contributed by atoms with Crippen molar-refractivity contribution >= 4 is 5.91 Å². The van der Waals surface area contributed by atoms with Gasteiger partial charge in [0.15, 0.2) is 0 Å². The fourth-order valence-electron chi connectivity index (χ4n) is 4.26. The number of carbonyl (C=O) groups is 1. The second kappa shape index (κ2) is 12.6. The molecule has 0 bridgehead atoms. The van der Waals surface area contributed by atoms with E-state index < -0.39 is 0 Å². The lowest BCUT2D eigenvalue weighted by Gasteiger charge is -2.35. The van der Waals surface area contributed by atoms with Crippen LogP contribution < -0.4 is 5.32 Å².